The fourth-order valence-electron chi connectivity index (χ4n) is 3.65. The van der Waals surface area contributed by atoms with Crippen LogP contribution in [0.25, 0.3) is 0 Å². The SMILES string of the molecule is CCCNC(=O)N(C)C[C@@H]1Oc2cc(C#CC3CC3)ccc2S(=O)(=O)N([C@H](C)CO)C[C@@H]1C. The monoisotopic (exact) mass is 477 g/mol. The Balaban J connectivity index is 1.97. The lowest BCUT2D eigenvalue weighted by Gasteiger charge is -2.37. The van der Waals surface area contributed by atoms with Gasteiger partial charge in [0.25, 0.3) is 0 Å². The van der Waals surface area contributed by atoms with Gasteiger partial charge in [-0.1, -0.05) is 25.7 Å². The van der Waals surface area contributed by atoms with Crippen molar-refractivity contribution >= 4 is 16.1 Å². The van der Waals surface area contributed by atoms with E-state index in [9.17, 15) is 18.3 Å². The second kappa shape index (κ2) is 10.8. The Morgan fingerprint density at radius 2 is 2.12 bits per heavy atom. The zero-order chi connectivity index (χ0) is 24.2. The predicted molar refractivity (Wildman–Crippen MR) is 126 cm³/mol. The number of ether oxygens (including phenoxy) is 1. The van der Waals surface area contributed by atoms with E-state index >= 15 is 0 Å². The molecule has 182 valence electrons. The summed E-state index contributed by atoms with van der Waals surface area (Å²) in [5.74, 6) is 6.73. The maximum absolute atomic E-state index is 13.5. The summed E-state index contributed by atoms with van der Waals surface area (Å²) in [6.07, 6.45) is 2.59. The number of carbonyl (C=O) groups excluding carboxylic acids is 1. The molecule has 2 aliphatic rings. The average Bonchev–Trinajstić information content (AvgIpc) is 3.62. The molecule has 0 aromatic heterocycles. The molecule has 3 atom stereocenters. The molecular formula is C24H35N3O5S. The number of sulfonamides is 1. The minimum absolute atomic E-state index is 0.0507. The Morgan fingerprint density at radius 1 is 1.39 bits per heavy atom. The molecule has 0 spiro atoms. The van der Waals surface area contributed by atoms with E-state index in [-0.39, 0.29) is 42.3 Å². The molecule has 3 rings (SSSR count). The Labute approximate surface area is 197 Å². The standard InChI is InChI=1S/C24H35N3O5S/c1-5-12-25-24(29)26(4)15-22-17(2)14-27(18(3)16-28)33(30,31)23-11-10-20(13-21(23)32-22)9-8-19-6-7-19/h10-11,13,17-19,22,28H,5-7,12,14-16H2,1-4H3,(H,25,29)/t17-,18+,22-/m0/s1. The number of nitrogens with zero attached hydrogens (tertiary/aromatic N) is 2. The second-order valence-electron chi connectivity index (χ2n) is 9.06. The van der Waals surface area contributed by atoms with Gasteiger partial charge in [-0.3, -0.25) is 0 Å². The van der Waals surface area contributed by atoms with Crippen molar-refractivity contribution in [2.75, 3.05) is 33.3 Å². The van der Waals surface area contributed by atoms with Gasteiger partial charge >= 0.3 is 6.03 Å². The summed E-state index contributed by atoms with van der Waals surface area (Å²) in [7, 11) is -2.20. The Hall–Kier alpha value is -2.28. The van der Waals surface area contributed by atoms with E-state index in [4.69, 9.17) is 4.74 Å². The van der Waals surface area contributed by atoms with Gasteiger partial charge in [-0.2, -0.15) is 4.31 Å². The third kappa shape index (κ3) is 6.19. The van der Waals surface area contributed by atoms with E-state index < -0.39 is 22.2 Å². The molecule has 0 unspecified atom stereocenters. The van der Waals surface area contributed by atoms with Crippen molar-refractivity contribution in [1.29, 1.82) is 0 Å². The first-order valence-corrected chi connectivity index (χ1v) is 13.0. The molecule has 1 aromatic carbocycles. The van der Waals surface area contributed by atoms with Gasteiger partial charge in [0.2, 0.25) is 10.0 Å². The van der Waals surface area contributed by atoms with Crippen molar-refractivity contribution in [3.8, 4) is 17.6 Å². The number of fused-ring (bicyclic) bond motifs is 1. The third-order valence-corrected chi connectivity index (χ3v) is 8.01. The van der Waals surface area contributed by atoms with Crippen LogP contribution >= 0.6 is 0 Å². The van der Waals surface area contributed by atoms with Gasteiger partial charge in [-0.05, 0) is 44.4 Å². The molecule has 0 radical (unpaired) electrons. The van der Waals surface area contributed by atoms with Crippen LogP contribution in [0.4, 0.5) is 4.79 Å². The molecule has 2 amide bonds. The Bertz CT molecular complexity index is 1010. The molecule has 2 N–H and O–H groups in total. The highest BCUT2D eigenvalue weighted by Gasteiger charge is 2.38. The van der Waals surface area contributed by atoms with Gasteiger partial charge in [0.15, 0.2) is 0 Å². The largest absolute Gasteiger partial charge is 0.487 e. The van der Waals surface area contributed by atoms with E-state index in [2.05, 4.69) is 17.2 Å². The minimum atomic E-state index is -3.90. The van der Waals surface area contributed by atoms with Gasteiger partial charge < -0.3 is 20.1 Å². The van der Waals surface area contributed by atoms with E-state index in [1.54, 1.807) is 31.0 Å². The quantitative estimate of drug-likeness (QED) is 0.613. The van der Waals surface area contributed by atoms with E-state index in [1.807, 2.05) is 13.8 Å². The Morgan fingerprint density at radius 3 is 2.76 bits per heavy atom. The molecule has 1 aliphatic heterocycles. The van der Waals surface area contributed by atoms with Crippen LogP contribution in [0.3, 0.4) is 0 Å². The smallest absolute Gasteiger partial charge is 0.317 e. The first-order valence-electron chi connectivity index (χ1n) is 11.6. The summed E-state index contributed by atoms with van der Waals surface area (Å²) < 4.78 is 34.6. The molecule has 1 fully saturated rings. The molecule has 0 bridgehead atoms. The van der Waals surface area contributed by atoms with Crippen LogP contribution in [0.15, 0.2) is 23.1 Å². The van der Waals surface area contributed by atoms with Crippen LogP contribution in [0.1, 0.15) is 45.6 Å². The fourth-order valence-corrected chi connectivity index (χ4v) is 5.48. The van der Waals surface area contributed by atoms with Crippen molar-refractivity contribution in [3.05, 3.63) is 23.8 Å². The molecule has 9 heteroatoms. The maximum atomic E-state index is 13.5. The lowest BCUT2D eigenvalue weighted by atomic mass is 10.0. The highest BCUT2D eigenvalue weighted by atomic mass is 32.2. The normalized spacial score (nSPS) is 23.1. The summed E-state index contributed by atoms with van der Waals surface area (Å²) in [6.45, 7) is 6.31. The highest BCUT2D eigenvalue weighted by molar-refractivity contribution is 7.89. The number of urea groups is 1. The molecule has 0 saturated heterocycles. The lowest BCUT2D eigenvalue weighted by Crippen LogP contribution is -2.51. The summed E-state index contributed by atoms with van der Waals surface area (Å²) in [6, 6.07) is 4.10. The number of aliphatic hydroxyl groups is 1. The summed E-state index contributed by atoms with van der Waals surface area (Å²) in [5, 5.41) is 12.6. The number of rotatable bonds is 6. The predicted octanol–water partition coefficient (Wildman–Crippen LogP) is 2.27. The number of carbonyl (C=O) groups is 1. The van der Waals surface area contributed by atoms with Gasteiger partial charge in [0, 0.05) is 43.6 Å². The number of likely N-dealkylation sites (N-methyl/N-ethyl adjacent to an activating group) is 1. The number of hydrogen-bond acceptors (Lipinski definition) is 5. The topological polar surface area (TPSA) is 99.2 Å². The molecular weight excluding hydrogens is 442 g/mol. The minimum Gasteiger partial charge on any atom is -0.487 e. The maximum Gasteiger partial charge on any atom is 0.317 e. The molecule has 1 saturated carbocycles. The second-order valence-corrected chi connectivity index (χ2v) is 10.9. The average molecular weight is 478 g/mol. The number of benzene rings is 1. The van der Waals surface area contributed by atoms with Crippen molar-refractivity contribution < 1.29 is 23.1 Å². The summed E-state index contributed by atoms with van der Waals surface area (Å²) >= 11 is 0. The molecule has 8 nitrogen and oxygen atoms in total. The number of aliphatic hydroxyl groups excluding tert-OH is 1. The Kier molecular flexibility index (Phi) is 8.27. The molecule has 33 heavy (non-hydrogen) atoms. The van der Waals surface area contributed by atoms with Crippen molar-refractivity contribution in [2.45, 2.75) is 57.1 Å². The van der Waals surface area contributed by atoms with E-state index in [1.165, 1.54) is 10.4 Å². The van der Waals surface area contributed by atoms with Crippen LogP contribution in [0.5, 0.6) is 5.75 Å². The van der Waals surface area contributed by atoms with Crippen molar-refractivity contribution in [2.24, 2.45) is 11.8 Å². The zero-order valence-corrected chi connectivity index (χ0v) is 20.7. The van der Waals surface area contributed by atoms with E-state index in [0.29, 0.717) is 18.0 Å². The van der Waals surface area contributed by atoms with Gasteiger partial charge in [0.05, 0.1) is 13.2 Å². The van der Waals surface area contributed by atoms with Crippen LogP contribution in [0.2, 0.25) is 0 Å². The number of amides is 2. The van der Waals surface area contributed by atoms with Crippen molar-refractivity contribution in [1.82, 2.24) is 14.5 Å². The van der Waals surface area contributed by atoms with Crippen LogP contribution in [-0.2, 0) is 10.0 Å². The van der Waals surface area contributed by atoms with Crippen molar-refractivity contribution in [3.63, 3.8) is 0 Å². The molecule has 1 heterocycles. The van der Waals surface area contributed by atoms with Gasteiger partial charge in [-0.25, -0.2) is 13.2 Å². The first-order chi connectivity index (χ1) is 15.7. The number of nitrogens with one attached hydrogen (secondary N) is 1. The summed E-state index contributed by atoms with van der Waals surface area (Å²) in [4.78, 5) is 14.0. The van der Waals surface area contributed by atoms with E-state index in [0.717, 1.165) is 19.3 Å². The zero-order valence-electron chi connectivity index (χ0n) is 19.9. The van der Waals surface area contributed by atoms with Gasteiger partial charge in [-0.15, -0.1) is 0 Å². The summed E-state index contributed by atoms with van der Waals surface area (Å²) in [5.41, 5.74) is 0.693. The first kappa shape index (κ1) is 25.3. The van der Waals surface area contributed by atoms with Crippen LogP contribution < -0.4 is 10.1 Å². The third-order valence-electron chi connectivity index (χ3n) is 5.99. The highest BCUT2D eigenvalue weighted by Crippen LogP contribution is 2.34. The molecule has 1 aliphatic carbocycles. The number of hydrogen-bond donors (Lipinski definition) is 2. The van der Waals surface area contributed by atoms with Crippen LogP contribution in [0, 0.1) is 23.7 Å². The molecule has 1 aromatic rings. The van der Waals surface area contributed by atoms with Gasteiger partial charge in [0.1, 0.15) is 16.7 Å². The fraction of sp³-hybridized carbons (Fsp3) is 0.625. The van der Waals surface area contributed by atoms with Crippen LogP contribution in [-0.4, -0.2) is 74.2 Å². The lowest BCUT2D eigenvalue weighted by molar-refractivity contribution is 0.0812.